The highest BCUT2D eigenvalue weighted by Crippen LogP contribution is 2.32. The van der Waals surface area contributed by atoms with Gasteiger partial charge in [-0.3, -0.25) is 4.99 Å². The maximum absolute atomic E-state index is 10.8. The minimum atomic E-state index is -0.735. The molecule has 25 heavy (non-hydrogen) atoms. The summed E-state index contributed by atoms with van der Waals surface area (Å²) in [6.45, 7) is 0. The molecule has 0 amide bonds. The van der Waals surface area contributed by atoms with Gasteiger partial charge < -0.3 is 9.84 Å². The van der Waals surface area contributed by atoms with Crippen molar-refractivity contribution in [3.05, 3.63) is 94.0 Å². The summed E-state index contributed by atoms with van der Waals surface area (Å²) in [6.07, 6.45) is 1.05. The van der Waals surface area contributed by atoms with E-state index in [2.05, 4.69) is 20.9 Å². The average molecular weight is 396 g/mol. The zero-order valence-electron chi connectivity index (χ0n) is 13.8. The predicted molar refractivity (Wildman–Crippen MR) is 105 cm³/mol. The Labute approximate surface area is 155 Å². The smallest absolute Gasteiger partial charge is 0.118 e. The summed E-state index contributed by atoms with van der Waals surface area (Å²) in [4.78, 5) is 4.57. The fourth-order valence-corrected chi connectivity index (χ4v) is 2.89. The summed E-state index contributed by atoms with van der Waals surface area (Å²) in [7, 11) is 1.64. The minimum Gasteiger partial charge on any atom is -0.497 e. The molecule has 0 saturated heterocycles. The number of rotatable bonds is 5. The molecular weight excluding hydrogens is 378 g/mol. The first-order valence-corrected chi connectivity index (χ1v) is 8.67. The number of hydrogen-bond acceptors (Lipinski definition) is 3. The summed E-state index contributed by atoms with van der Waals surface area (Å²) in [5.41, 5.74) is 3.28. The Kier molecular flexibility index (Phi) is 5.64. The molecule has 0 aliphatic carbocycles. The maximum Gasteiger partial charge on any atom is 0.118 e. The van der Waals surface area contributed by atoms with Crippen LogP contribution in [-0.2, 0) is 0 Å². The van der Waals surface area contributed by atoms with Crippen LogP contribution < -0.4 is 4.74 Å². The highest BCUT2D eigenvalue weighted by atomic mass is 79.9. The Balaban J connectivity index is 1.92. The van der Waals surface area contributed by atoms with Crippen molar-refractivity contribution in [2.45, 2.75) is 6.10 Å². The van der Waals surface area contributed by atoms with Crippen LogP contribution in [0.15, 0.2) is 82.3 Å². The molecule has 0 aliphatic rings. The summed E-state index contributed by atoms with van der Waals surface area (Å²) >= 11 is 3.47. The highest BCUT2D eigenvalue weighted by Gasteiger charge is 2.14. The number of aliphatic hydroxyl groups is 1. The largest absolute Gasteiger partial charge is 0.497 e. The molecule has 0 radical (unpaired) electrons. The first-order chi connectivity index (χ1) is 12.2. The van der Waals surface area contributed by atoms with Crippen LogP contribution in [0.25, 0.3) is 0 Å². The van der Waals surface area contributed by atoms with Crippen LogP contribution >= 0.6 is 15.9 Å². The van der Waals surface area contributed by atoms with Gasteiger partial charge in [0, 0.05) is 16.3 Å². The maximum atomic E-state index is 10.8. The number of benzene rings is 3. The molecule has 3 rings (SSSR count). The van der Waals surface area contributed by atoms with Gasteiger partial charge in [0.1, 0.15) is 11.9 Å². The van der Waals surface area contributed by atoms with Crippen LogP contribution in [0.5, 0.6) is 5.75 Å². The number of aliphatic hydroxyl groups excluding tert-OH is 1. The van der Waals surface area contributed by atoms with Crippen LogP contribution in [-0.4, -0.2) is 18.4 Å². The van der Waals surface area contributed by atoms with Crippen LogP contribution in [0.3, 0.4) is 0 Å². The van der Waals surface area contributed by atoms with Crippen molar-refractivity contribution in [1.29, 1.82) is 0 Å². The van der Waals surface area contributed by atoms with Crippen molar-refractivity contribution >= 4 is 27.8 Å². The Morgan fingerprint density at radius 2 is 1.72 bits per heavy atom. The van der Waals surface area contributed by atoms with Crippen molar-refractivity contribution in [3.63, 3.8) is 0 Å². The predicted octanol–water partition coefficient (Wildman–Crippen LogP) is 5.29. The molecule has 0 fully saturated rings. The summed E-state index contributed by atoms with van der Waals surface area (Å²) < 4.78 is 6.07. The minimum absolute atomic E-state index is 0.732. The Morgan fingerprint density at radius 1 is 1.00 bits per heavy atom. The van der Waals surface area contributed by atoms with Crippen LogP contribution in [0.2, 0.25) is 0 Å². The van der Waals surface area contributed by atoms with Gasteiger partial charge >= 0.3 is 0 Å². The molecule has 0 bridgehead atoms. The standard InChI is InChI=1S/C21H18BrNO2/c1-25-18-10-7-15(8-11-18)14-23-20-12-9-17(22)13-19(20)21(24)16-5-3-2-4-6-16/h2-14,21,24H,1H3/t21-/m1/s1. The van der Waals surface area contributed by atoms with E-state index in [-0.39, 0.29) is 0 Å². The molecule has 1 N–H and O–H groups in total. The molecule has 3 aromatic rings. The van der Waals surface area contributed by atoms with Crippen molar-refractivity contribution < 1.29 is 9.84 Å². The molecular formula is C21H18BrNO2. The average Bonchev–Trinajstić information content (AvgIpc) is 2.67. The molecule has 1 atom stereocenters. The summed E-state index contributed by atoms with van der Waals surface area (Å²) in [5, 5.41) is 10.8. The van der Waals surface area contributed by atoms with Crippen molar-refractivity contribution in [2.75, 3.05) is 7.11 Å². The lowest BCUT2D eigenvalue weighted by atomic mass is 10.00. The van der Waals surface area contributed by atoms with E-state index in [4.69, 9.17) is 4.74 Å². The molecule has 0 aliphatic heterocycles. The fraction of sp³-hybridized carbons (Fsp3) is 0.0952. The fourth-order valence-electron chi connectivity index (χ4n) is 2.51. The zero-order valence-corrected chi connectivity index (χ0v) is 15.3. The molecule has 0 heterocycles. The third-order valence-electron chi connectivity index (χ3n) is 3.87. The Bertz CT molecular complexity index is 861. The highest BCUT2D eigenvalue weighted by molar-refractivity contribution is 9.10. The first kappa shape index (κ1) is 17.4. The van der Waals surface area contributed by atoms with E-state index >= 15 is 0 Å². The van der Waals surface area contributed by atoms with Gasteiger partial charge in [-0.05, 0) is 53.6 Å². The Morgan fingerprint density at radius 3 is 2.40 bits per heavy atom. The molecule has 0 unspecified atom stereocenters. The van der Waals surface area contributed by atoms with Gasteiger partial charge in [-0.15, -0.1) is 0 Å². The van der Waals surface area contributed by atoms with Crippen LogP contribution in [0.4, 0.5) is 5.69 Å². The van der Waals surface area contributed by atoms with E-state index in [1.807, 2.05) is 72.8 Å². The number of halogens is 1. The molecule has 0 aromatic heterocycles. The quantitative estimate of drug-likeness (QED) is 0.596. The monoisotopic (exact) mass is 395 g/mol. The number of methoxy groups -OCH3 is 1. The molecule has 3 nitrogen and oxygen atoms in total. The van der Waals surface area contributed by atoms with Gasteiger partial charge in [0.2, 0.25) is 0 Å². The van der Waals surface area contributed by atoms with Crippen LogP contribution in [0.1, 0.15) is 22.8 Å². The Hall–Kier alpha value is -2.43. The number of hydrogen-bond donors (Lipinski definition) is 1. The van der Waals surface area contributed by atoms with E-state index in [9.17, 15) is 5.11 Å². The second kappa shape index (κ2) is 8.10. The lowest BCUT2D eigenvalue weighted by Gasteiger charge is -2.14. The van der Waals surface area contributed by atoms with E-state index in [1.54, 1.807) is 13.3 Å². The van der Waals surface area contributed by atoms with E-state index < -0.39 is 6.10 Å². The van der Waals surface area contributed by atoms with Gasteiger partial charge in [0.05, 0.1) is 12.8 Å². The van der Waals surface area contributed by atoms with E-state index in [0.29, 0.717) is 0 Å². The van der Waals surface area contributed by atoms with Crippen molar-refractivity contribution in [2.24, 2.45) is 4.99 Å². The van der Waals surface area contributed by atoms with Crippen LogP contribution in [0, 0.1) is 0 Å². The third-order valence-corrected chi connectivity index (χ3v) is 4.36. The summed E-state index contributed by atoms with van der Waals surface area (Å²) in [5.74, 6) is 0.806. The van der Waals surface area contributed by atoms with Gasteiger partial charge in [-0.25, -0.2) is 0 Å². The topological polar surface area (TPSA) is 41.8 Å². The summed E-state index contributed by atoms with van der Waals surface area (Å²) in [6, 6.07) is 22.9. The normalized spacial score (nSPS) is 12.3. The van der Waals surface area contributed by atoms with E-state index in [0.717, 1.165) is 32.6 Å². The van der Waals surface area contributed by atoms with Crippen molar-refractivity contribution in [3.8, 4) is 5.75 Å². The van der Waals surface area contributed by atoms with Crippen molar-refractivity contribution in [1.82, 2.24) is 0 Å². The molecule has 0 saturated carbocycles. The van der Waals surface area contributed by atoms with E-state index in [1.165, 1.54) is 0 Å². The van der Waals surface area contributed by atoms with Gasteiger partial charge in [-0.1, -0.05) is 46.3 Å². The lowest BCUT2D eigenvalue weighted by molar-refractivity contribution is 0.221. The van der Waals surface area contributed by atoms with Gasteiger partial charge in [0.15, 0.2) is 0 Å². The molecule has 126 valence electrons. The van der Waals surface area contributed by atoms with Gasteiger partial charge in [0.25, 0.3) is 0 Å². The zero-order chi connectivity index (χ0) is 17.6. The molecule has 3 aromatic carbocycles. The molecule has 4 heteroatoms. The molecule has 0 spiro atoms. The van der Waals surface area contributed by atoms with Gasteiger partial charge in [-0.2, -0.15) is 0 Å². The third kappa shape index (κ3) is 4.35. The number of ether oxygens (including phenoxy) is 1. The number of nitrogens with zero attached hydrogens (tertiary/aromatic N) is 1. The lowest BCUT2D eigenvalue weighted by Crippen LogP contribution is -2.00. The second-order valence-corrected chi connectivity index (χ2v) is 6.46. The second-order valence-electron chi connectivity index (χ2n) is 5.55. The SMILES string of the molecule is COc1ccc(C=Nc2ccc(Br)cc2[C@H](O)c2ccccc2)cc1. The number of aliphatic imine (C=N–C) groups is 1. The first-order valence-electron chi connectivity index (χ1n) is 7.88.